The average Bonchev–Trinajstić information content (AvgIpc) is 3.01. The maximum Gasteiger partial charge on any atom is 0.226 e. The van der Waals surface area contributed by atoms with E-state index in [1.807, 2.05) is 4.90 Å². The molecule has 2 rings (SSSR count). The van der Waals surface area contributed by atoms with Crippen LogP contribution in [-0.4, -0.2) is 47.1 Å². The molecule has 0 aromatic carbocycles. The second-order valence-corrected chi connectivity index (χ2v) is 6.34. The van der Waals surface area contributed by atoms with Crippen LogP contribution in [0.4, 0.5) is 0 Å². The number of piperidine rings is 1. The van der Waals surface area contributed by atoms with Crippen molar-refractivity contribution < 1.29 is 9.32 Å². The molecule has 1 aromatic heterocycles. The highest BCUT2D eigenvalue weighted by atomic mass is 35.5. The molecule has 6 nitrogen and oxygen atoms in total. The van der Waals surface area contributed by atoms with E-state index in [1.165, 1.54) is 0 Å². The third-order valence-electron chi connectivity index (χ3n) is 4.42. The number of aryl methyl sites for hydroxylation is 2. The number of nitrogens with zero attached hydrogens (tertiary/aromatic N) is 3. The van der Waals surface area contributed by atoms with Crippen LogP contribution in [0.15, 0.2) is 4.52 Å². The molecule has 1 aliphatic heterocycles. The van der Waals surface area contributed by atoms with Crippen LogP contribution >= 0.6 is 12.4 Å². The van der Waals surface area contributed by atoms with Gasteiger partial charge in [-0.2, -0.15) is 4.98 Å². The minimum Gasteiger partial charge on any atom is -0.343 e. The minimum absolute atomic E-state index is 0. The molecule has 2 heterocycles. The van der Waals surface area contributed by atoms with E-state index in [0.717, 1.165) is 70.0 Å². The number of likely N-dealkylation sites (tertiary alicyclic amines) is 1. The molecule has 138 valence electrons. The topological polar surface area (TPSA) is 71.3 Å². The smallest absolute Gasteiger partial charge is 0.226 e. The number of amides is 1. The van der Waals surface area contributed by atoms with Crippen molar-refractivity contribution in [3.63, 3.8) is 0 Å². The lowest BCUT2D eigenvalue weighted by molar-refractivity contribution is -0.132. The highest BCUT2D eigenvalue weighted by molar-refractivity contribution is 5.85. The Morgan fingerprint density at radius 1 is 1.29 bits per heavy atom. The number of carbonyl (C=O) groups is 1. The first-order valence-electron chi connectivity index (χ1n) is 9.02. The monoisotopic (exact) mass is 358 g/mol. The van der Waals surface area contributed by atoms with Crippen LogP contribution in [0.1, 0.15) is 57.7 Å². The van der Waals surface area contributed by atoms with E-state index in [1.54, 1.807) is 0 Å². The van der Waals surface area contributed by atoms with Crippen molar-refractivity contribution in [3.05, 3.63) is 11.7 Å². The fraction of sp³-hybridized carbons (Fsp3) is 0.824. The third-order valence-corrected chi connectivity index (χ3v) is 4.42. The Balaban J connectivity index is 0.00000288. The largest absolute Gasteiger partial charge is 0.343 e. The van der Waals surface area contributed by atoms with Crippen molar-refractivity contribution in [2.24, 2.45) is 5.92 Å². The minimum atomic E-state index is 0. The predicted octanol–water partition coefficient (Wildman–Crippen LogP) is 2.61. The van der Waals surface area contributed by atoms with Gasteiger partial charge in [0.05, 0.1) is 0 Å². The number of carbonyl (C=O) groups excluding carboxylic acids is 1. The summed E-state index contributed by atoms with van der Waals surface area (Å²) in [5.41, 5.74) is 0. The Labute approximate surface area is 151 Å². The van der Waals surface area contributed by atoms with E-state index < -0.39 is 0 Å². The SMILES string of the molecule is CCCc1noc(CCCC(=O)N2CCC(CNCC)CC2)n1.Cl. The van der Waals surface area contributed by atoms with Crippen molar-refractivity contribution in [1.29, 1.82) is 0 Å². The summed E-state index contributed by atoms with van der Waals surface area (Å²) in [6, 6.07) is 0. The molecule has 0 unspecified atom stereocenters. The molecule has 0 atom stereocenters. The second kappa shape index (κ2) is 11.4. The van der Waals surface area contributed by atoms with Gasteiger partial charge in [-0.25, -0.2) is 0 Å². The van der Waals surface area contributed by atoms with Gasteiger partial charge in [0, 0.05) is 32.4 Å². The number of halogens is 1. The molecule has 0 bridgehead atoms. The highest BCUT2D eigenvalue weighted by Gasteiger charge is 2.22. The first-order valence-corrected chi connectivity index (χ1v) is 9.02. The summed E-state index contributed by atoms with van der Waals surface area (Å²) < 4.78 is 5.20. The molecular formula is C17H31ClN4O2. The van der Waals surface area contributed by atoms with Gasteiger partial charge in [0.1, 0.15) is 0 Å². The predicted molar refractivity (Wildman–Crippen MR) is 96.3 cm³/mol. The van der Waals surface area contributed by atoms with Crippen LogP contribution in [0.3, 0.4) is 0 Å². The highest BCUT2D eigenvalue weighted by Crippen LogP contribution is 2.17. The van der Waals surface area contributed by atoms with Crippen LogP contribution in [0.2, 0.25) is 0 Å². The summed E-state index contributed by atoms with van der Waals surface area (Å²) in [6.45, 7) is 8.13. The Morgan fingerprint density at radius 3 is 2.71 bits per heavy atom. The standard InChI is InChI=1S/C17H30N4O2.ClH/c1-3-6-15-19-16(23-20-15)7-5-8-17(22)21-11-9-14(10-12-21)13-18-4-2;/h14,18H,3-13H2,1-2H3;1H. The van der Waals surface area contributed by atoms with E-state index in [4.69, 9.17) is 4.52 Å². The lowest BCUT2D eigenvalue weighted by Crippen LogP contribution is -2.40. The lowest BCUT2D eigenvalue weighted by Gasteiger charge is -2.32. The van der Waals surface area contributed by atoms with Crippen LogP contribution in [0.25, 0.3) is 0 Å². The third kappa shape index (κ3) is 6.77. The van der Waals surface area contributed by atoms with E-state index in [9.17, 15) is 4.79 Å². The van der Waals surface area contributed by atoms with Crippen LogP contribution in [0.5, 0.6) is 0 Å². The molecular weight excluding hydrogens is 328 g/mol. The van der Waals surface area contributed by atoms with Crippen LogP contribution in [0, 0.1) is 5.92 Å². The van der Waals surface area contributed by atoms with Gasteiger partial charge in [0.2, 0.25) is 11.8 Å². The van der Waals surface area contributed by atoms with Gasteiger partial charge in [-0.15, -0.1) is 12.4 Å². The van der Waals surface area contributed by atoms with E-state index in [-0.39, 0.29) is 18.3 Å². The number of rotatable bonds is 9. The van der Waals surface area contributed by atoms with Gasteiger partial charge < -0.3 is 14.7 Å². The van der Waals surface area contributed by atoms with Gasteiger partial charge in [0.15, 0.2) is 5.82 Å². The number of hydrogen-bond acceptors (Lipinski definition) is 5. The quantitative estimate of drug-likeness (QED) is 0.734. The summed E-state index contributed by atoms with van der Waals surface area (Å²) >= 11 is 0. The summed E-state index contributed by atoms with van der Waals surface area (Å²) in [7, 11) is 0. The van der Waals surface area contributed by atoms with Gasteiger partial charge in [0.25, 0.3) is 0 Å². The Morgan fingerprint density at radius 2 is 2.04 bits per heavy atom. The molecule has 7 heteroatoms. The van der Waals surface area contributed by atoms with Gasteiger partial charge in [-0.1, -0.05) is 19.0 Å². The molecule has 1 saturated heterocycles. The molecule has 0 saturated carbocycles. The average molecular weight is 359 g/mol. The molecule has 1 aliphatic rings. The first-order chi connectivity index (χ1) is 11.2. The molecule has 1 amide bonds. The molecule has 1 fully saturated rings. The zero-order valence-corrected chi connectivity index (χ0v) is 15.7. The summed E-state index contributed by atoms with van der Waals surface area (Å²) in [4.78, 5) is 18.6. The first kappa shape index (κ1) is 20.9. The molecule has 0 radical (unpaired) electrons. The van der Waals surface area contributed by atoms with Crippen molar-refractivity contribution in [3.8, 4) is 0 Å². The van der Waals surface area contributed by atoms with Gasteiger partial charge in [-0.05, 0) is 44.7 Å². The van der Waals surface area contributed by atoms with E-state index in [0.29, 0.717) is 18.7 Å². The Bertz CT molecular complexity index is 473. The molecule has 1 N–H and O–H groups in total. The van der Waals surface area contributed by atoms with Crippen molar-refractivity contribution >= 4 is 18.3 Å². The molecule has 0 aliphatic carbocycles. The number of nitrogens with one attached hydrogen (secondary N) is 1. The number of aromatic nitrogens is 2. The number of hydrogen-bond donors (Lipinski definition) is 1. The Kier molecular flexibility index (Phi) is 9.95. The normalized spacial score (nSPS) is 15.3. The lowest BCUT2D eigenvalue weighted by atomic mass is 9.96. The molecule has 0 spiro atoms. The maximum absolute atomic E-state index is 12.3. The fourth-order valence-electron chi connectivity index (χ4n) is 3.00. The van der Waals surface area contributed by atoms with Crippen molar-refractivity contribution in [1.82, 2.24) is 20.4 Å². The fourth-order valence-corrected chi connectivity index (χ4v) is 3.00. The van der Waals surface area contributed by atoms with Crippen LogP contribution < -0.4 is 5.32 Å². The van der Waals surface area contributed by atoms with Gasteiger partial charge >= 0.3 is 0 Å². The van der Waals surface area contributed by atoms with Crippen LogP contribution in [-0.2, 0) is 17.6 Å². The molecule has 1 aromatic rings. The zero-order chi connectivity index (χ0) is 16.5. The molecule has 24 heavy (non-hydrogen) atoms. The summed E-state index contributed by atoms with van der Waals surface area (Å²) in [6.07, 6.45) is 6.14. The maximum atomic E-state index is 12.3. The zero-order valence-electron chi connectivity index (χ0n) is 14.9. The van der Waals surface area contributed by atoms with E-state index >= 15 is 0 Å². The van der Waals surface area contributed by atoms with Crippen molar-refractivity contribution in [2.45, 2.75) is 58.8 Å². The van der Waals surface area contributed by atoms with E-state index in [2.05, 4.69) is 29.3 Å². The summed E-state index contributed by atoms with van der Waals surface area (Å²) in [5.74, 6) is 2.41. The summed E-state index contributed by atoms with van der Waals surface area (Å²) in [5, 5.41) is 7.34. The van der Waals surface area contributed by atoms with Crippen molar-refractivity contribution in [2.75, 3.05) is 26.2 Å². The second-order valence-electron chi connectivity index (χ2n) is 6.34. The van der Waals surface area contributed by atoms with Gasteiger partial charge in [-0.3, -0.25) is 4.79 Å². The Hall–Kier alpha value is -1.14.